The molecule has 0 saturated carbocycles. The highest BCUT2D eigenvalue weighted by Gasteiger charge is 2.32. The number of benzene rings is 3. The molecule has 0 radical (unpaired) electrons. The van der Waals surface area contributed by atoms with E-state index < -0.39 is 17.7 Å². The van der Waals surface area contributed by atoms with Crippen LogP contribution in [-0.4, -0.2) is 19.7 Å². The Morgan fingerprint density at radius 3 is 2.63 bits per heavy atom. The van der Waals surface area contributed by atoms with Gasteiger partial charge in [-0.3, -0.25) is 0 Å². The number of methoxy groups -OCH3 is 1. The number of nitriles is 1. The maximum atomic E-state index is 13.7. The summed E-state index contributed by atoms with van der Waals surface area (Å²) >= 11 is 0. The van der Waals surface area contributed by atoms with Gasteiger partial charge in [0.15, 0.2) is 11.5 Å². The number of esters is 1. The van der Waals surface area contributed by atoms with Gasteiger partial charge in [0.1, 0.15) is 34.5 Å². The number of nitrogens with zero attached hydrogens (tertiary/aromatic N) is 1. The summed E-state index contributed by atoms with van der Waals surface area (Å²) in [6.45, 7) is 4.43. The molecule has 0 saturated heterocycles. The Morgan fingerprint density at radius 1 is 1.05 bits per heavy atom. The monoisotopic (exact) mass is 584 g/mol. The lowest BCUT2D eigenvalue weighted by Crippen LogP contribution is -2.21. The van der Waals surface area contributed by atoms with Gasteiger partial charge in [-0.2, -0.15) is 5.26 Å². The minimum absolute atomic E-state index is 0.0290. The number of aryl methyl sites for hydroxylation is 1. The number of fused-ring (bicyclic) bond motifs is 2. The van der Waals surface area contributed by atoms with Crippen LogP contribution in [0.15, 0.2) is 70.5 Å². The second-order valence-electron chi connectivity index (χ2n) is 10.4. The number of halogens is 1. The third kappa shape index (κ3) is 6.14. The maximum absolute atomic E-state index is 13.7. The quantitative estimate of drug-likeness (QED) is 0.108. The molecule has 0 amide bonds. The minimum Gasteiger partial charge on any atom is -0.493 e. The highest BCUT2D eigenvalue weighted by Crippen LogP contribution is 2.45. The summed E-state index contributed by atoms with van der Waals surface area (Å²) in [6.07, 6.45) is 5.66. The molecule has 2 N–H and O–H groups in total. The Bertz CT molecular complexity index is 1730. The largest absolute Gasteiger partial charge is 0.493 e. The molecule has 1 aliphatic heterocycles. The predicted octanol–water partition coefficient (Wildman–Crippen LogP) is 7.68. The van der Waals surface area contributed by atoms with E-state index in [0.29, 0.717) is 46.0 Å². The molecule has 1 unspecified atom stereocenters. The number of hydrogen-bond acceptors (Lipinski definition) is 8. The SMILES string of the molecule is CCCCCCCOc1ccc(C2C(C#N)=C(N)Oc3cc(OC(=O)c4oc5ccc(F)cc5c4C)ccc32)cc1OC. The third-order valence-corrected chi connectivity index (χ3v) is 7.51. The number of nitrogens with two attached hydrogens (primary N) is 1. The van der Waals surface area contributed by atoms with E-state index in [9.17, 15) is 14.4 Å². The summed E-state index contributed by atoms with van der Waals surface area (Å²) in [5.74, 6) is -0.127. The average Bonchev–Trinajstić information content (AvgIpc) is 3.33. The van der Waals surface area contributed by atoms with Gasteiger partial charge in [0.2, 0.25) is 11.6 Å². The van der Waals surface area contributed by atoms with Gasteiger partial charge in [0.05, 0.1) is 19.6 Å². The highest BCUT2D eigenvalue weighted by atomic mass is 19.1. The lowest BCUT2D eigenvalue weighted by Gasteiger charge is -2.27. The van der Waals surface area contributed by atoms with Crippen molar-refractivity contribution in [2.75, 3.05) is 13.7 Å². The van der Waals surface area contributed by atoms with Gasteiger partial charge in [0.25, 0.3) is 0 Å². The molecule has 4 aromatic rings. The molecule has 5 rings (SSSR count). The van der Waals surface area contributed by atoms with Crippen LogP contribution in [0.4, 0.5) is 4.39 Å². The summed E-state index contributed by atoms with van der Waals surface area (Å²) < 4.78 is 42.4. The molecule has 0 bridgehead atoms. The average molecular weight is 585 g/mol. The summed E-state index contributed by atoms with van der Waals surface area (Å²) in [5, 5.41) is 10.5. The zero-order chi connectivity index (χ0) is 30.5. The van der Waals surface area contributed by atoms with E-state index in [1.807, 2.05) is 18.2 Å². The fourth-order valence-corrected chi connectivity index (χ4v) is 5.25. The van der Waals surface area contributed by atoms with E-state index in [2.05, 4.69) is 13.0 Å². The van der Waals surface area contributed by atoms with Gasteiger partial charge in [-0.1, -0.05) is 44.7 Å². The number of rotatable bonds is 11. The van der Waals surface area contributed by atoms with Crippen molar-refractivity contribution in [2.45, 2.75) is 51.9 Å². The number of carbonyl (C=O) groups is 1. The van der Waals surface area contributed by atoms with Crippen molar-refractivity contribution in [1.82, 2.24) is 0 Å². The number of unbranched alkanes of at least 4 members (excludes halogenated alkanes) is 4. The van der Waals surface area contributed by atoms with Gasteiger partial charge in [-0.25, -0.2) is 9.18 Å². The van der Waals surface area contributed by atoms with E-state index in [0.717, 1.165) is 18.4 Å². The van der Waals surface area contributed by atoms with Crippen LogP contribution >= 0.6 is 0 Å². The van der Waals surface area contributed by atoms with E-state index in [-0.39, 0.29) is 23.0 Å². The van der Waals surface area contributed by atoms with Crippen molar-refractivity contribution in [3.63, 3.8) is 0 Å². The molecule has 8 nitrogen and oxygen atoms in total. The first-order chi connectivity index (χ1) is 20.8. The van der Waals surface area contributed by atoms with Crippen molar-refractivity contribution < 1.29 is 32.5 Å². The van der Waals surface area contributed by atoms with Gasteiger partial charge in [0, 0.05) is 22.6 Å². The Morgan fingerprint density at radius 2 is 1.86 bits per heavy atom. The van der Waals surface area contributed by atoms with Crippen molar-refractivity contribution >= 4 is 16.9 Å². The van der Waals surface area contributed by atoms with Crippen LogP contribution in [0, 0.1) is 24.1 Å². The van der Waals surface area contributed by atoms with Gasteiger partial charge in [-0.05, 0) is 55.3 Å². The Kier molecular flexibility index (Phi) is 8.86. The Hall–Kier alpha value is -4.97. The molecule has 1 aromatic heterocycles. The number of ether oxygens (including phenoxy) is 4. The maximum Gasteiger partial charge on any atom is 0.379 e. The lowest BCUT2D eigenvalue weighted by atomic mass is 9.83. The molecule has 0 aliphatic carbocycles. The number of carbonyl (C=O) groups excluding carboxylic acids is 1. The van der Waals surface area contributed by atoms with Crippen LogP contribution in [0.3, 0.4) is 0 Å². The second kappa shape index (κ2) is 12.9. The zero-order valence-electron chi connectivity index (χ0n) is 24.4. The molecule has 43 heavy (non-hydrogen) atoms. The van der Waals surface area contributed by atoms with E-state index >= 15 is 0 Å². The van der Waals surface area contributed by atoms with Gasteiger partial charge >= 0.3 is 5.97 Å². The third-order valence-electron chi connectivity index (χ3n) is 7.51. The highest BCUT2D eigenvalue weighted by molar-refractivity contribution is 5.96. The van der Waals surface area contributed by atoms with Crippen LogP contribution < -0.4 is 24.7 Å². The molecule has 2 heterocycles. The van der Waals surface area contributed by atoms with Crippen LogP contribution in [-0.2, 0) is 0 Å². The molecular weight excluding hydrogens is 551 g/mol. The second-order valence-corrected chi connectivity index (χ2v) is 10.4. The van der Waals surface area contributed by atoms with Gasteiger partial charge in [-0.15, -0.1) is 0 Å². The van der Waals surface area contributed by atoms with Crippen LogP contribution in [0.25, 0.3) is 11.0 Å². The fraction of sp³-hybridized carbons (Fsp3) is 0.294. The van der Waals surface area contributed by atoms with Crippen LogP contribution in [0.1, 0.15) is 72.2 Å². The summed E-state index contributed by atoms with van der Waals surface area (Å²) in [5.41, 5.74) is 8.70. The molecule has 9 heteroatoms. The molecule has 3 aromatic carbocycles. The minimum atomic E-state index is -0.742. The van der Waals surface area contributed by atoms with Crippen molar-refractivity contribution in [3.8, 4) is 29.1 Å². The summed E-state index contributed by atoms with van der Waals surface area (Å²) in [7, 11) is 1.57. The first-order valence-corrected chi connectivity index (χ1v) is 14.3. The van der Waals surface area contributed by atoms with Crippen LogP contribution in [0.2, 0.25) is 0 Å². The van der Waals surface area contributed by atoms with E-state index in [1.54, 1.807) is 26.2 Å². The van der Waals surface area contributed by atoms with Crippen molar-refractivity contribution in [3.05, 3.63) is 94.3 Å². The molecule has 1 atom stereocenters. The zero-order valence-corrected chi connectivity index (χ0v) is 24.4. The first-order valence-electron chi connectivity index (χ1n) is 14.3. The van der Waals surface area contributed by atoms with Gasteiger partial charge < -0.3 is 29.1 Å². The molecule has 222 valence electrons. The predicted molar refractivity (Wildman–Crippen MR) is 159 cm³/mol. The standard InChI is InChI=1S/C34H33FN2O6/c1-4-5-6-7-8-15-40-28-13-9-21(16-30(28)39-3)31-24-12-11-23(18-29(24)43-33(37)26(31)19-36)41-34(38)32-20(2)25-17-22(35)10-14-27(25)42-32/h9-14,16-18,31H,4-8,15,37H2,1-3H3. The summed E-state index contributed by atoms with van der Waals surface area (Å²) in [6, 6.07) is 16.6. The lowest BCUT2D eigenvalue weighted by molar-refractivity contribution is 0.0702. The number of hydrogen-bond donors (Lipinski definition) is 1. The first kappa shape index (κ1) is 29.5. The van der Waals surface area contributed by atoms with E-state index in [1.165, 1.54) is 43.5 Å². The topological polar surface area (TPSA) is 117 Å². The van der Waals surface area contributed by atoms with Crippen molar-refractivity contribution in [2.24, 2.45) is 5.73 Å². The van der Waals surface area contributed by atoms with E-state index in [4.69, 9.17) is 29.1 Å². The molecule has 0 fully saturated rings. The molecular formula is C34H33FN2O6. The fourth-order valence-electron chi connectivity index (χ4n) is 5.25. The Balaban J connectivity index is 1.39. The van der Waals surface area contributed by atoms with Crippen LogP contribution in [0.5, 0.6) is 23.0 Å². The summed E-state index contributed by atoms with van der Waals surface area (Å²) in [4.78, 5) is 13.0. The Labute approximate surface area is 249 Å². The molecule has 1 aliphatic rings. The smallest absolute Gasteiger partial charge is 0.379 e. The van der Waals surface area contributed by atoms with Crippen molar-refractivity contribution in [1.29, 1.82) is 5.26 Å². The number of allylic oxidation sites excluding steroid dienone is 1. The normalized spacial score (nSPS) is 14.2. The molecule has 0 spiro atoms. The number of furan rings is 1.